The summed E-state index contributed by atoms with van der Waals surface area (Å²) < 4.78 is 37.2. The normalized spacial score (nSPS) is 13.5. The molecule has 0 radical (unpaired) electrons. The Bertz CT molecular complexity index is 728. The molecule has 0 aliphatic carbocycles. The number of nitrogens with one attached hydrogen (secondary N) is 1. The van der Waals surface area contributed by atoms with Crippen LogP contribution in [0.2, 0.25) is 0 Å². The highest BCUT2D eigenvalue weighted by molar-refractivity contribution is 7.90. The van der Waals surface area contributed by atoms with Gasteiger partial charge in [-0.05, 0) is 30.0 Å². The fourth-order valence-corrected chi connectivity index (χ4v) is 3.37. The van der Waals surface area contributed by atoms with E-state index in [0.717, 1.165) is 17.4 Å². The van der Waals surface area contributed by atoms with Crippen LogP contribution in [0, 0.1) is 5.82 Å². The second kappa shape index (κ2) is 6.54. The van der Waals surface area contributed by atoms with Crippen molar-refractivity contribution in [1.29, 1.82) is 0 Å². The first-order valence-corrected chi connectivity index (χ1v) is 9.06. The fourth-order valence-electron chi connectivity index (χ4n) is 2.47. The first-order chi connectivity index (χ1) is 9.92. The molecule has 5 heteroatoms. The number of hydrogen-bond donors (Lipinski definition) is 1. The zero-order valence-corrected chi connectivity index (χ0v) is 13.1. The Labute approximate surface area is 125 Å². The quantitative estimate of drug-likeness (QED) is 0.892. The molecule has 0 amide bonds. The van der Waals surface area contributed by atoms with Crippen molar-refractivity contribution in [3.05, 3.63) is 47.8 Å². The highest BCUT2D eigenvalue weighted by atomic mass is 32.2. The molecule has 3 nitrogen and oxygen atoms in total. The minimum absolute atomic E-state index is 0.00261. The van der Waals surface area contributed by atoms with Crippen LogP contribution >= 0.6 is 0 Å². The number of sulfone groups is 1. The van der Waals surface area contributed by atoms with E-state index in [2.05, 4.69) is 5.32 Å². The van der Waals surface area contributed by atoms with Crippen molar-refractivity contribution in [3.8, 4) is 0 Å². The Balaban J connectivity index is 2.51. The highest BCUT2D eigenvalue weighted by Gasteiger charge is 2.19. The molecule has 114 valence electrons. The molecular formula is C16H20FNO2S. The Kier molecular flexibility index (Phi) is 4.96. The summed E-state index contributed by atoms with van der Waals surface area (Å²) in [5.41, 5.74) is 0.825. The Morgan fingerprint density at radius 3 is 2.43 bits per heavy atom. The number of halogens is 1. The molecule has 0 bridgehead atoms. The summed E-state index contributed by atoms with van der Waals surface area (Å²) in [6.07, 6.45) is 2.12. The van der Waals surface area contributed by atoms with Crippen molar-refractivity contribution in [2.45, 2.75) is 19.4 Å². The second-order valence-corrected chi connectivity index (χ2v) is 7.47. The lowest BCUT2D eigenvalue weighted by Crippen LogP contribution is -2.28. The standard InChI is InChI=1S/C16H20FNO2S/c1-3-10-18-16(11-21(2,19)20)14-8-9-15(17)13-7-5-4-6-12(13)14/h4-9,16,18H,3,10-11H2,1-2H3. The van der Waals surface area contributed by atoms with Crippen molar-refractivity contribution in [2.24, 2.45) is 0 Å². The molecule has 0 fully saturated rings. The van der Waals surface area contributed by atoms with Gasteiger partial charge in [-0.1, -0.05) is 37.3 Å². The van der Waals surface area contributed by atoms with Gasteiger partial charge in [-0.25, -0.2) is 12.8 Å². The van der Waals surface area contributed by atoms with E-state index in [1.54, 1.807) is 18.2 Å². The van der Waals surface area contributed by atoms with Crippen LogP contribution in [0.5, 0.6) is 0 Å². The van der Waals surface area contributed by atoms with E-state index in [1.807, 2.05) is 19.1 Å². The molecule has 2 aromatic carbocycles. The third-order valence-electron chi connectivity index (χ3n) is 3.39. The molecule has 21 heavy (non-hydrogen) atoms. The van der Waals surface area contributed by atoms with E-state index in [9.17, 15) is 12.8 Å². The van der Waals surface area contributed by atoms with E-state index < -0.39 is 9.84 Å². The maximum atomic E-state index is 13.9. The van der Waals surface area contributed by atoms with Gasteiger partial charge in [-0.3, -0.25) is 0 Å². The van der Waals surface area contributed by atoms with E-state index in [4.69, 9.17) is 0 Å². The van der Waals surface area contributed by atoms with Crippen molar-refractivity contribution in [2.75, 3.05) is 18.6 Å². The van der Waals surface area contributed by atoms with Gasteiger partial charge >= 0.3 is 0 Å². The molecule has 0 aliphatic heterocycles. The van der Waals surface area contributed by atoms with Gasteiger partial charge < -0.3 is 5.32 Å². The Morgan fingerprint density at radius 2 is 1.81 bits per heavy atom. The predicted molar refractivity (Wildman–Crippen MR) is 84.7 cm³/mol. The van der Waals surface area contributed by atoms with Crippen LogP contribution < -0.4 is 5.32 Å². The van der Waals surface area contributed by atoms with Gasteiger partial charge in [0.2, 0.25) is 0 Å². The number of fused-ring (bicyclic) bond motifs is 1. The van der Waals surface area contributed by atoms with Crippen LogP contribution in [-0.4, -0.2) is 27.0 Å². The lowest BCUT2D eigenvalue weighted by molar-refractivity contribution is 0.551. The molecule has 2 rings (SSSR count). The van der Waals surface area contributed by atoms with E-state index >= 15 is 0 Å². The Morgan fingerprint density at radius 1 is 1.14 bits per heavy atom. The van der Waals surface area contributed by atoms with Crippen LogP contribution in [0.4, 0.5) is 4.39 Å². The monoisotopic (exact) mass is 309 g/mol. The van der Waals surface area contributed by atoms with Crippen LogP contribution in [0.1, 0.15) is 24.9 Å². The van der Waals surface area contributed by atoms with Crippen LogP contribution in [0.15, 0.2) is 36.4 Å². The van der Waals surface area contributed by atoms with Gasteiger partial charge in [-0.2, -0.15) is 0 Å². The zero-order chi connectivity index (χ0) is 15.5. The molecule has 1 unspecified atom stereocenters. The summed E-state index contributed by atoms with van der Waals surface area (Å²) in [7, 11) is -3.14. The fraction of sp³-hybridized carbons (Fsp3) is 0.375. The molecule has 0 saturated carbocycles. The summed E-state index contributed by atoms with van der Waals surface area (Å²) in [5.74, 6) is -0.286. The SMILES string of the molecule is CCCNC(CS(C)(=O)=O)c1ccc(F)c2ccccc12. The minimum Gasteiger partial charge on any atom is -0.309 e. The minimum atomic E-state index is -3.14. The van der Waals surface area contributed by atoms with E-state index in [0.29, 0.717) is 11.9 Å². The number of benzene rings is 2. The maximum Gasteiger partial charge on any atom is 0.149 e. The summed E-state index contributed by atoms with van der Waals surface area (Å²) >= 11 is 0. The number of hydrogen-bond acceptors (Lipinski definition) is 3. The molecular weight excluding hydrogens is 289 g/mol. The summed E-state index contributed by atoms with van der Waals surface area (Å²) in [5, 5.41) is 4.53. The molecule has 1 atom stereocenters. The summed E-state index contributed by atoms with van der Waals surface area (Å²) in [6, 6.07) is 9.91. The number of rotatable bonds is 6. The Hall–Kier alpha value is -1.46. The van der Waals surface area contributed by atoms with Crippen LogP contribution in [0.3, 0.4) is 0 Å². The van der Waals surface area contributed by atoms with Gasteiger partial charge in [0, 0.05) is 17.7 Å². The molecule has 0 heterocycles. The molecule has 0 aromatic heterocycles. The summed E-state index contributed by atoms with van der Waals surface area (Å²) in [4.78, 5) is 0. The first kappa shape index (κ1) is 15.9. The third-order valence-corrected chi connectivity index (χ3v) is 4.33. The van der Waals surface area contributed by atoms with Crippen molar-refractivity contribution >= 4 is 20.6 Å². The molecule has 0 saturated heterocycles. The average molecular weight is 309 g/mol. The average Bonchev–Trinajstić information content (AvgIpc) is 2.43. The van der Waals surface area contributed by atoms with Gasteiger partial charge in [0.15, 0.2) is 0 Å². The highest BCUT2D eigenvalue weighted by Crippen LogP contribution is 2.27. The van der Waals surface area contributed by atoms with Gasteiger partial charge in [-0.15, -0.1) is 0 Å². The van der Waals surface area contributed by atoms with Crippen molar-refractivity contribution in [3.63, 3.8) is 0 Å². The van der Waals surface area contributed by atoms with Gasteiger partial charge in [0.05, 0.1) is 5.75 Å². The van der Waals surface area contributed by atoms with Crippen LogP contribution in [-0.2, 0) is 9.84 Å². The molecule has 1 N–H and O–H groups in total. The topological polar surface area (TPSA) is 46.2 Å². The van der Waals surface area contributed by atoms with E-state index in [-0.39, 0.29) is 17.6 Å². The predicted octanol–water partition coefficient (Wildman–Crippen LogP) is 3.06. The summed E-state index contributed by atoms with van der Waals surface area (Å²) in [6.45, 7) is 2.74. The zero-order valence-electron chi connectivity index (χ0n) is 12.3. The molecule has 2 aromatic rings. The first-order valence-electron chi connectivity index (χ1n) is 7.00. The molecule has 0 aliphatic rings. The molecule has 0 spiro atoms. The lowest BCUT2D eigenvalue weighted by Gasteiger charge is -2.20. The second-order valence-electron chi connectivity index (χ2n) is 5.28. The van der Waals surface area contributed by atoms with Gasteiger partial charge in [0.25, 0.3) is 0 Å². The largest absolute Gasteiger partial charge is 0.309 e. The maximum absolute atomic E-state index is 13.9. The van der Waals surface area contributed by atoms with Crippen LogP contribution in [0.25, 0.3) is 10.8 Å². The third kappa shape index (κ3) is 4.02. The lowest BCUT2D eigenvalue weighted by atomic mass is 9.99. The van der Waals surface area contributed by atoms with E-state index in [1.165, 1.54) is 12.3 Å². The van der Waals surface area contributed by atoms with Gasteiger partial charge in [0.1, 0.15) is 15.7 Å². The smallest absolute Gasteiger partial charge is 0.149 e. The van der Waals surface area contributed by atoms with Crippen molar-refractivity contribution < 1.29 is 12.8 Å². The van der Waals surface area contributed by atoms with Crippen molar-refractivity contribution in [1.82, 2.24) is 5.32 Å².